The van der Waals surface area contributed by atoms with Crippen molar-refractivity contribution in [2.45, 2.75) is 43.5 Å². The molecule has 1 fully saturated rings. The Morgan fingerprint density at radius 1 is 1.33 bits per heavy atom. The molecule has 134 valence electrons. The second-order valence-electron chi connectivity index (χ2n) is 6.55. The van der Waals surface area contributed by atoms with Gasteiger partial charge in [0.1, 0.15) is 0 Å². The Balaban J connectivity index is 1.73. The Bertz CT molecular complexity index is 515. The van der Waals surface area contributed by atoms with Crippen LogP contribution < -0.4 is 5.32 Å². The maximum absolute atomic E-state index is 12.2. The Hall–Kier alpha value is -1.04. The number of amides is 1. The van der Waals surface area contributed by atoms with Crippen molar-refractivity contribution in [3.63, 3.8) is 0 Å². The van der Waals surface area contributed by atoms with Crippen molar-refractivity contribution in [1.29, 1.82) is 0 Å². The molecule has 0 atom stereocenters. The van der Waals surface area contributed by atoms with Crippen molar-refractivity contribution in [1.82, 2.24) is 9.80 Å². The van der Waals surface area contributed by atoms with Crippen LogP contribution in [0.3, 0.4) is 0 Å². The smallest absolute Gasteiger partial charge is 0.225 e. The predicted molar refractivity (Wildman–Crippen MR) is 104 cm³/mol. The highest BCUT2D eigenvalue weighted by Gasteiger charge is 2.22. The molecule has 0 unspecified atom stereocenters. The molecule has 1 heterocycles. The van der Waals surface area contributed by atoms with Crippen LogP contribution in [-0.4, -0.2) is 61.2 Å². The van der Waals surface area contributed by atoms with Gasteiger partial charge in [-0.2, -0.15) is 0 Å². The molecule has 1 aromatic rings. The number of benzene rings is 1. The minimum atomic E-state index is 0.103. The highest BCUT2D eigenvalue weighted by atomic mass is 32.2. The van der Waals surface area contributed by atoms with Gasteiger partial charge in [-0.05, 0) is 64.3 Å². The minimum Gasteiger partial charge on any atom is -0.325 e. The Labute approximate surface area is 151 Å². The number of piperidine rings is 1. The van der Waals surface area contributed by atoms with Crippen LogP contribution in [0.2, 0.25) is 0 Å². The largest absolute Gasteiger partial charge is 0.325 e. The first kappa shape index (κ1) is 19.3. The maximum atomic E-state index is 12.2. The van der Waals surface area contributed by atoms with E-state index < -0.39 is 0 Å². The molecule has 1 saturated heterocycles. The standard InChI is InChI=1S/C19H31N3OS/c1-4-12-22-14-9-16(10-15-22)21(2)13-11-19(23)20-17-7-5-6-8-18(17)24-3/h5-8,16H,4,9-15H2,1-3H3,(H,20,23). The van der Waals surface area contributed by atoms with Crippen molar-refractivity contribution < 1.29 is 4.79 Å². The van der Waals surface area contributed by atoms with E-state index in [1.54, 1.807) is 11.8 Å². The number of rotatable bonds is 8. The lowest BCUT2D eigenvalue weighted by molar-refractivity contribution is -0.116. The van der Waals surface area contributed by atoms with Crippen molar-refractivity contribution >= 4 is 23.4 Å². The molecule has 24 heavy (non-hydrogen) atoms. The van der Waals surface area contributed by atoms with E-state index in [2.05, 4.69) is 29.1 Å². The van der Waals surface area contributed by atoms with Gasteiger partial charge in [-0.3, -0.25) is 4.79 Å². The first-order valence-electron chi connectivity index (χ1n) is 8.99. The van der Waals surface area contributed by atoms with Crippen molar-refractivity contribution in [2.75, 3.05) is 44.8 Å². The number of carbonyl (C=O) groups excluding carboxylic acids is 1. The van der Waals surface area contributed by atoms with Crippen LogP contribution in [0, 0.1) is 0 Å². The number of likely N-dealkylation sites (tertiary alicyclic amines) is 1. The lowest BCUT2D eigenvalue weighted by Crippen LogP contribution is -2.44. The van der Waals surface area contributed by atoms with Gasteiger partial charge in [0, 0.05) is 23.9 Å². The number of nitrogens with one attached hydrogen (secondary N) is 1. The summed E-state index contributed by atoms with van der Waals surface area (Å²) in [5.74, 6) is 0.103. The molecule has 1 aliphatic rings. The molecule has 0 bridgehead atoms. The number of hydrogen-bond donors (Lipinski definition) is 1. The number of thioether (sulfide) groups is 1. The van der Waals surface area contributed by atoms with Gasteiger partial charge >= 0.3 is 0 Å². The molecule has 5 heteroatoms. The third kappa shape index (κ3) is 5.80. The van der Waals surface area contributed by atoms with Crippen molar-refractivity contribution in [3.8, 4) is 0 Å². The molecule has 1 amide bonds. The van der Waals surface area contributed by atoms with E-state index in [-0.39, 0.29) is 5.91 Å². The summed E-state index contributed by atoms with van der Waals surface area (Å²) in [6, 6.07) is 8.59. The summed E-state index contributed by atoms with van der Waals surface area (Å²) in [4.78, 5) is 18.3. The zero-order valence-corrected chi connectivity index (χ0v) is 16.1. The summed E-state index contributed by atoms with van der Waals surface area (Å²) < 4.78 is 0. The van der Waals surface area contributed by atoms with Gasteiger partial charge in [-0.25, -0.2) is 0 Å². The van der Waals surface area contributed by atoms with E-state index in [1.165, 1.54) is 38.9 Å². The SMILES string of the molecule is CCCN1CCC(N(C)CCC(=O)Nc2ccccc2SC)CC1. The average molecular weight is 350 g/mol. The van der Waals surface area contributed by atoms with Gasteiger partial charge in [0.15, 0.2) is 0 Å². The fourth-order valence-electron chi connectivity index (χ4n) is 3.32. The van der Waals surface area contributed by atoms with Crippen LogP contribution in [0.25, 0.3) is 0 Å². The number of hydrogen-bond acceptors (Lipinski definition) is 4. The Kier molecular flexibility index (Phi) is 8.09. The van der Waals surface area contributed by atoms with Crippen molar-refractivity contribution in [3.05, 3.63) is 24.3 Å². The Morgan fingerprint density at radius 2 is 2.04 bits per heavy atom. The first-order chi connectivity index (χ1) is 11.6. The second-order valence-corrected chi connectivity index (χ2v) is 7.40. The van der Waals surface area contributed by atoms with Crippen LogP contribution in [0.4, 0.5) is 5.69 Å². The van der Waals surface area contributed by atoms with Gasteiger partial charge < -0.3 is 15.1 Å². The zero-order valence-electron chi connectivity index (χ0n) is 15.3. The summed E-state index contributed by atoms with van der Waals surface area (Å²) in [7, 11) is 2.16. The lowest BCUT2D eigenvalue weighted by atomic mass is 10.0. The normalized spacial score (nSPS) is 16.5. The first-order valence-corrected chi connectivity index (χ1v) is 10.2. The van der Waals surface area contributed by atoms with Crippen LogP contribution in [-0.2, 0) is 4.79 Å². The molecular weight excluding hydrogens is 318 g/mol. The van der Waals surface area contributed by atoms with E-state index in [1.807, 2.05) is 30.5 Å². The summed E-state index contributed by atoms with van der Waals surface area (Å²) in [5.41, 5.74) is 0.922. The van der Waals surface area contributed by atoms with Crippen LogP contribution in [0.1, 0.15) is 32.6 Å². The molecule has 0 aromatic heterocycles. The highest BCUT2D eigenvalue weighted by molar-refractivity contribution is 7.98. The molecule has 2 rings (SSSR count). The molecular formula is C19H31N3OS. The molecule has 0 saturated carbocycles. The lowest BCUT2D eigenvalue weighted by Gasteiger charge is -2.36. The summed E-state index contributed by atoms with van der Waals surface area (Å²) in [6.07, 6.45) is 6.25. The second kappa shape index (κ2) is 10.1. The molecule has 1 aliphatic heterocycles. The van der Waals surface area contributed by atoms with Gasteiger partial charge in [-0.1, -0.05) is 19.1 Å². The molecule has 1 N–H and O–H groups in total. The van der Waals surface area contributed by atoms with E-state index in [4.69, 9.17) is 0 Å². The predicted octanol–water partition coefficient (Wildman–Crippen LogP) is 3.54. The monoisotopic (exact) mass is 349 g/mol. The summed E-state index contributed by atoms with van der Waals surface area (Å²) in [6.45, 7) is 6.66. The average Bonchev–Trinajstić information content (AvgIpc) is 2.61. The van der Waals surface area contributed by atoms with Crippen LogP contribution in [0.15, 0.2) is 29.2 Å². The summed E-state index contributed by atoms with van der Waals surface area (Å²) >= 11 is 1.66. The number of para-hydroxylation sites is 1. The van der Waals surface area contributed by atoms with E-state index in [0.29, 0.717) is 12.5 Å². The van der Waals surface area contributed by atoms with E-state index in [0.717, 1.165) is 17.1 Å². The van der Waals surface area contributed by atoms with Gasteiger partial charge in [0.2, 0.25) is 5.91 Å². The molecule has 4 nitrogen and oxygen atoms in total. The van der Waals surface area contributed by atoms with Crippen LogP contribution >= 0.6 is 11.8 Å². The molecule has 1 aromatic carbocycles. The van der Waals surface area contributed by atoms with E-state index >= 15 is 0 Å². The topological polar surface area (TPSA) is 35.6 Å². The zero-order chi connectivity index (χ0) is 17.4. The quantitative estimate of drug-likeness (QED) is 0.728. The van der Waals surface area contributed by atoms with Gasteiger partial charge in [0.25, 0.3) is 0 Å². The van der Waals surface area contributed by atoms with Gasteiger partial charge in [0.05, 0.1) is 5.69 Å². The fourth-order valence-corrected chi connectivity index (χ4v) is 3.87. The maximum Gasteiger partial charge on any atom is 0.225 e. The fraction of sp³-hybridized carbons (Fsp3) is 0.632. The number of carbonyl (C=O) groups is 1. The Morgan fingerprint density at radius 3 is 2.71 bits per heavy atom. The van der Waals surface area contributed by atoms with Crippen molar-refractivity contribution in [2.24, 2.45) is 0 Å². The number of nitrogens with zero attached hydrogens (tertiary/aromatic N) is 2. The molecule has 0 aliphatic carbocycles. The number of anilines is 1. The third-order valence-corrected chi connectivity index (χ3v) is 5.59. The highest BCUT2D eigenvalue weighted by Crippen LogP contribution is 2.24. The third-order valence-electron chi connectivity index (χ3n) is 4.79. The van der Waals surface area contributed by atoms with Crippen LogP contribution in [0.5, 0.6) is 0 Å². The minimum absolute atomic E-state index is 0.103. The molecule has 0 radical (unpaired) electrons. The summed E-state index contributed by atoms with van der Waals surface area (Å²) in [5, 5.41) is 3.05. The van der Waals surface area contributed by atoms with Gasteiger partial charge in [-0.15, -0.1) is 11.8 Å². The van der Waals surface area contributed by atoms with E-state index in [9.17, 15) is 4.79 Å². The molecule has 0 spiro atoms.